The molecule has 0 aromatic heterocycles. The van der Waals surface area contributed by atoms with E-state index in [9.17, 15) is 4.79 Å². The van der Waals surface area contributed by atoms with Gasteiger partial charge in [-0.15, -0.1) is 0 Å². The van der Waals surface area contributed by atoms with Gasteiger partial charge in [0.15, 0.2) is 0 Å². The quantitative estimate of drug-likeness (QED) is 0.686. The third-order valence-corrected chi connectivity index (χ3v) is 4.22. The Balaban J connectivity index is 1.80. The lowest BCUT2D eigenvalue weighted by Gasteiger charge is -2.11. The van der Waals surface area contributed by atoms with Crippen molar-refractivity contribution in [1.82, 2.24) is 0 Å². The predicted octanol–water partition coefficient (Wildman–Crippen LogP) is 5.12. The molecule has 0 fully saturated rings. The van der Waals surface area contributed by atoms with Crippen LogP contribution in [0.4, 0.5) is 11.4 Å². The first-order valence-corrected chi connectivity index (χ1v) is 8.85. The first-order valence-electron chi connectivity index (χ1n) is 8.47. The number of benzene rings is 2. The van der Waals surface area contributed by atoms with Gasteiger partial charge < -0.3 is 15.4 Å². The largest absolute Gasteiger partial charge is 0.494 e. The summed E-state index contributed by atoms with van der Waals surface area (Å²) in [6, 6.07) is 13.1. The van der Waals surface area contributed by atoms with E-state index >= 15 is 0 Å². The molecule has 1 amide bonds. The van der Waals surface area contributed by atoms with Gasteiger partial charge in [0.05, 0.1) is 13.2 Å². The van der Waals surface area contributed by atoms with Crippen LogP contribution in [0.5, 0.6) is 5.75 Å². The summed E-state index contributed by atoms with van der Waals surface area (Å²) in [5.74, 6) is 1.34. The van der Waals surface area contributed by atoms with Gasteiger partial charge >= 0.3 is 0 Å². The fourth-order valence-electron chi connectivity index (χ4n) is 2.20. The summed E-state index contributed by atoms with van der Waals surface area (Å²) >= 11 is 6.06. The van der Waals surface area contributed by atoms with Crippen molar-refractivity contribution >= 4 is 28.9 Å². The van der Waals surface area contributed by atoms with Crippen molar-refractivity contribution in [2.45, 2.75) is 27.2 Å². The molecule has 2 rings (SSSR count). The van der Waals surface area contributed by atoms with Crippen molar-refractivity contribution in [1.29, 1.82) is 0 Å². The fourth-order valence-corrected chi connectivity index (χ4v) is 2.38. The number of anilines is 2. The van der Waals surface area contributed by atoms with Crippen molar-refractivity contribution in [2.75, 3.05) is 23.8 Å². The molecule has 4 nitrogen and oxygen atoms in total. The highest BCUT2D eigenvalue weighted by atomic mass is 35.5. The highest BCUT2D eigenvalue weighted by molar-refractivity contribution is 6.31. The molecule has 0 saturated carbocycles. The van der Waals surface area contributed by atoms with Gasteiger partial charge in [0, 0.05) is 16.4 Å². The van der Waals surface area contributed by atoms with E-state index in [2.05, 4.69) is 24.5 Å². The Morgan fingerprint density at radius 3 is 2.56 bits per heavy atom. The Morgan fingerprint density at radius 1 is 1.16 bits per heavy atom. The second kappa shape index (κ2) is 9.33. The van der Waals surface area contributed by atoms with Crippen LogP contribution in [0, 0.1) is 12.8 Å². The van der Waals surface area contributed by atoms with Crippen LogP contribution in [0.1, 0.15) is 25.8 Å². The number of carbonyl (C=O) groups is 1. The number of rotatable bonds is 8. The molecule has 2 aromatic rings. The van der Waals surface area contributed by atoms with Crippen LogP contribution in [0.15, 0.2) is 42.5 Å². The van der Waals surface area contributed by atoms with E-state index in [1.807, 2.05) is 43.3 Å². The van der Waals surface area contributed by atoms with E-state index < -0.39 is 0 Å². The van der Waals surface area contributed by atoms with Crippen LogP contribution < -0.4 is 15.4 Å². The Morgan fingerprint density at radius 2 is 1.88 bits per heavy atom. The number of carbonyl (C=O) groups excluding carboxylic acids is 1. The van der Waals surface area contributed by atoms with Crippen LogP contribution >= 0.6 is 11.6 Å². The molecule has 0 heterocycles. The average Bonchev–Trinajstić information content (AvgIpc) is 2.58. The average molecular weight is 361 g/mol. The Labute approximate surface area is 154 Å². The molecular weight excluding hydrogens is 336 g/mol. The van der Waals surface area contributed by atoms with Crippen molar-refractivity contribution in [3.63, 3.8) is 0 Å². The molecule has 25 heavy (non-hydrogen) atoms. The Hall–Kier alpha value is -2.20. The second-order valence-corrected chi connectivity index (χ2v) is 6.78. The summed E-state index contributed by atoms with van der Waals surface area (Å²) in [4.78, 5) is 12.1. The van der Waals surface area contributed by atoms with Gasteiger partial charge in [-0.25, -0.2) is 0 Å². The van der Waals surface area contributed by atoms with Gasteiger partial charge in [-0.05, 0) is 61.2 Å². The zero-order valence-corrected chi connectivity index (χ0v) is 15.7. The van der Waals surface area contributed by atoms with E-state index in [0.29, 0.717) is 17.5 Å². The lowest BCUT2D eigenvalue weighted by molar-refractivity contribution is -0.114. The summed E-state index contributed by atoms with van der Waals surface area (Å²) in [7, 11) is 0. The second-order valence-electron chi connectivity index (χ2n) is 6.37. The molecule has 5 heteroatoms. The third-order valence-electron chi connectivity index (χ3n) is 3.81. The monoisotopic (exact) mass is 360 g/mol. The lowest BCUT2D eigenvalue weighted by atomic mass is 10.1. The first-order chi connectivity index (χ1) is 12.0. The summed E-state index contributed by atoms with van der Waals surface area (Å²) in [5.41, 5.74) is 2.46. The standard InChI is InChI=1S/C20H25ClN2O2/c1-14(2)11-12-25-17-9-7-16(8-10-17)22-13-20(24)23-19-6-4-5-18(21)15(19)3/h4-10,14,22H,11-13H2,1-3H3,(H,23,24). The van der Waals surface area contributed by atoms with Crippen LogP contribution in [0.25, 0.3) is 0 Å². The smallest absolute Gasteiger partial charge is 0.243 e. The number of hydrogen-bond donors (Lipinski definition) is 2. The van der Waals surface area contributed by atoms with Crippen LogP contribution in [0.2, 0.25) is 5.02 Å². The number of ether oxygens (including phenoxy) is 1. The number of amides is 1. The molecule has 0 saturated heterocycles. The molecule has 0 radical (unpaired) electrons. The van der Waals surface area contributed by atoms with E-state index in [1.54, 1.807) is 6.07 Å². The minimum absolute atomic E-state index is 0.123. The van der Waals surface area contributed by atoms with Gasteiger partial charge in [-0.3, -0.25) is 4.79 Å². The highest BCUT2D eigenvalue weighted by Crippen LogP contribution is 2.23. The number of halogens is 1. The van der Waals surface area contributed by atoms with E-state index in [1.165, 1.54) is 0 Å². The zero-order chi connectivity index (χ0) is 18.2. The molecule has 0 aliphatic carbocycles. The lowest BCUT2D eigenvalue weighted by Crippen LogP contribution is -2.22. The summed E-state index contributed by atoms with van der Waals surface area (Å²) < 4.78 is 5.68. The maximum absolute atomic E-state index is 12.1. The highest BCUT2D eigenvalue weighted by Gasteiger charge is 2.06. The molecule has 0 unspecified atom stereocenters. The summed E-state index contributed by atoms with van der Waals surface area (Å²) in [6.07, 6.45) is 1.03. The van der Waals surface area contributed by atoms with Crippen molar-refractivity contribution < 1.29 is 9.53 Å². The fraction of sp³-hybridized carbons (Fsp3) is 0.350. The molecule has 0 spiro atoms. The number of hydrogen-bond acceptors (Lipinski definition) is 3. The van der Waals surface area contributed by atoms with Crippen LogP contribution in [0.3, 0.4) is 0 Å². The van der Waals surface area contributed by atoms with Gasteiger partial charge in [-0.1, -0.05) is 31.5 Å². The van der Waals surface area contributed by atoms with Crippen molar-refractivity contribution in [2.24, 2.45) is 5.92 Å². The van der Waals surface area contributed by atoms with E-state index in [0.717, 1.165) is 29.1 Å². The van der Waals surface area contributed by atoms with Gasteiger partial charge in [-0.2, -0.15) is 0 Å². The van der Waals surface area contributed by atoms with Gasteiger partial charge in [0.25, 0.3) is 0 Å². The minimum Gasteiger partial charge on any atom is -0.494 e. The zero-order valence-electron chi connectivity index (χ0n) is 14.9. The molecule has 2 N–H and O–H groups in total. The molecule has 0 aliphatic rings. The molecular formula is C20H25ClN2O2. The topological polar surface area (TPSA) is 50.4 Å². The van der Waals surface area contributed by atoms with Crippen molar-refractivity contribution in [3.8, 4) is 5.75 Å². The van der Waals surface area contributed by atoms with Gasteiger partial charge in [0.2, 0.25) is 5.91 Å². The number of nitrogens with one attached hydrogen (secondary N) is 2. The summed E-state index contributed by atoms with van der Waals surface area (Å²) in [5, 5.41) is 6.60. The Kier molecular flexibility index (Phi) is 7.14. The maximum atomic E-state index is 12.1. The maximum Gasteiger partial charge on any atom is 0.243 e. The minimum atomic E-state index is -0.123. The molecule has 0 bridgehead atoms. The van der Waals surface area contributed by atoms with Gasteiger partial charge in [0.1, 0.15) is 5.75 Å². The predicted molar refractivity (Wildman–Crippen MR) is 105 cm³/mol. The molecule has 134 valence electrons. The first kappa shape index (κ1) is 19.1. The molecule has 2 aromatic carbocycles. The van der Waals surface area contributed by atoms with Crippen LogP contribution in [-0.2, 0) is 4.79 Å². The third kappa shape index (κ3) is 6.31. The normalized spacial score (nSPS) is 10.6. The van der Waals surface area contributed by atoms with Crippen molar-refractivity contribution in [3.05, 3.63) is 53.1 Å². The Bertz CT molecular complexity index is 699. The van der Waals surface area contributed by atoms with Crippen LogP contribution in [-0.4, -0.2) is 19.1 Å². The molecule has 0 aliphatic heterocycles. The molecule has 0 atom stereocenters. The van der Waals surface area contributed by atoms with E-state index in [4.69, 9.17) is 16.3 Å². The summed E-state index contributed by atoms with van der Waals surface area (Å²) in [6.45, 7) is 7.12. The SMILES string of the molecule is Cc1c(Cl)cccc1NC(=O)CNc1ccc(OCCC(C)C)cc1. The van der Waals surface area contributed by atoms with E-state index in [-0.39, 0.29) is 12.5 Å².